The number of aryl methyl sites for hydroxylation is 2. The van der Waals surface area contributed by atoms with Gasteiger partial charge in [0.05, 0.1) is 0 Å². The van der Waals surface area contributed by atoms with Crippen LogP contribution < -0.4 is 0 Å². The molecule has 0 atom stereocenters. The summed E-state index contributed by atoms with van der Waals surface area (Å²) in [4.78, 5) is 33.2. The van der Waals surface area contributed by atoms with Crippen molar-refractivity contribution in [3.63, 3.8) is 0 Å². The summed E-state index contributed by atoms with van der Waals surface area (Å²) in [5.74, 6) is 2.30. The summed E-state index contributed by atoms with van der Waals surface area (Å²) in [6, 6.07) is 0. The highest BCUT2D eigenvalue weighted by Crippen LogP contribution is 2.41. The summed E-state index contributed by atoms with van der Waals surface area (Å²) in [5, 5.41) is 0. The molecule has 3 aliphatic rings. The van der Waals surface area contributed by atoms with Gasteiger partial charge in [-0.1, -0.05) is 0 Å². The lowest BCUT2D eigenvalue weighted by molar-refractivity contribution is -0.142. The molecule has 2 amide bonds. The van der Waals surface area contributed by atoms with Crippen molar-refractivity contribution in [3.05, 3.63) is 18.2 Å². The number of nitrogens with zero attached hydrogens (tertiary/aromatic N) is 4. The lowest BCUT2D eigenvalue weighted by Crippen LogP contribution is -2.52. The number of imidazole rings is 1. The number of aromatic nitrogens is 2. The molecule has 26 heavy (non-hydrogen) atoms. The number of carbonyl (C=O) groups is 2. The Balaban J connectivity index is 1.28. The SMILES string of the molecule is Cc1nccn1CCC(=O)N1CCC2(CCC(=O)N(CC3CC3)C2)CC1. The Morgan fingerprint density at radius 1 is 1.27 bits per heavy atom. The largest absolute Gasteiger partial charge is 0.343 e. The zero-order valence-corrected chi connectivity index (χ0v) is 15.8. The van der Waals surface area contributed by atoms with Gasteiger partial charge in [0, 0.05) is 58.0 Å². The summed E-state index contributed by atoms with van der Waals surface area (Å²) in [7, 11) is 0. The molecule has 0 radical (unpaired) electrons. The number of carbonyl (C=O) groups excluding carboxylic acids is 2. The van der Waals surface area contributed by atoms with Gasteiger partial charge in [0.25, 0.3) is 0 Å². The van der Waals surface area contributed by atoms with E-state index in [1.165, 1.54) is 12.8 Å². The second-order valence-electron chi connectivity index (χ2n) is 8.52. The molecule has 2 aliphatic heterocycles. The van der Waals surface area contributed by atoms with Crippen LogP contribution in [0.1, 0.15) is 50.8 Å². The average molecular weight is 358 g/mol. The first-order chi connectivity index (χ1) is 12.5. The third-order valence-electron chi connectivity index (χ3n) is 6.59. The van der Waals surface area contributed by atoms with Gasteiger partial charge in [0.15, 0.2) is 0 Å². The van der Waals surface area contributed by atoms with Crippen LogP contribution in [-0.2, 0) is 16.1 Å². The van der Waals surface area contributed by atoms with Crippen molar-refractivity contribution in [1.82, 2.24) is 19.4 Å². The zero-order chi connectivity index (χ0) is 18.1. The Bertz CT molecular complexity index is 671. The Kier molecular flexibility index (Phi) is 4.76. The Morgan fingerprint density at radius 3 is 2.69 bits per heavy atom. The predicted octanol–water partition coefficient (Wildman–Crippen LogP) is 2.22. The molecule has 4 rings (SSSR count). The van der Waals surface area contributed by atoms with Crippen LogP contribution in [0.2, 0.25) is 0 Å². The molecule has 0 unspecified atom stereocenters. The molecule has 6 heteroatoms. The lowest BCUT2D eigenvalue weighted by atomic mass is 9.72. The maximum Gasteiger partial charge on any atom is 0.224 e. The first kappa shape index (κ1) is 17.6. The first-order valence-corrected chi connectivity index (χ1v) is 10.1. The number of amides is 2. The maximum atomic E-state index is 12.6. The topological polar surface area (TPSA) is 58.4 Å². The second-order valence-corrected chi connectivity index (χ2v) is 8.52. The van der Waals surface area contributed by atoms with Crippen LogP contribution in [0, 0.1) is 18.3 Å². The van der Waals surface area contributed by atoms with Gasteiger partial charge in [0.2, 0.25) is 11.8 Å². The summed E-state index contributed by atoms with van der Waals surface area (Å²) < 4.78 is 2.03. The minimum Gasteiger partial charge on any atom is -0.343 e. The molecule has 6 nitrogen and oxygen atoms in total. The van der Waals surface area contributed by atoms with Crippen LogP contribution in [0.15, 0.2) is 12.4 Å². The van der Waals surface area contributed by atoms with E-state index in [1.54, 1.807) is 6.20 Å². The lowest BCUT2D eigenvalue weighted by Gasteiger charge is -2.47. The standard InChI is InChI=1S/C20H30N4O2/c1-16-21-9-13-22(16)10-5-19(26)23-11-7-20(8-12-23)6-4-18(25)24(15-20)14-17-2-3-17/h9,13,17H,2-8,10-12,14-15H2,1H3. The van der Waals surface area contributed by atoms with Crippen LogP contribution in [0.4, 0.5) is 0 Å². The van der Waals surface area contributed by atoms with E-state index < -0.39 is 0 Å². The van der Waals surface area contributed by atoms with Crippen molar-refractivity contribution in [1.29, 1.82) is 0 Å². The molecular weight excluding hydrogens is 328 g/mol. The van der Waals surface area contributed by atoms with Crippen LogP contribution in [0.3, 0.4) is 0 Å². The van der Waals surface area contributed by atoms with Gasteiger partial charge >= 0.3 is 0 Å². The fraction of sp³-hybridized carbons (Fsp3) is 0.750. The molecule has 3 fully saturated rings. The monoisotopic (exact) mass is 358 g/mol. The van der Waals surface area contributed by atoms with Crippen molar-refractivity contribution < 1.29 is 9.59 Å². The fourth-order valence-electron chi connectivity index (χ4n) is 4.53. The molecule has 1 saturated carbocycles. The van der Waals surface area contributed by atoms with E-state index in [1.807, 2.05) is 22.6 Å². The molecule has 1 aromatic heterocycles. The molecule has 0 bridgehead atoms. The summed E-state index contributed by atoms with van der Waals surface area (Å²) >= 11 is 0. The van der Waals surface area contributed by atoms with Crippen molar-refractivity contribution >= 4 is 11.8 Å². The van der Waals surface area contributed by atoms with Gasteiger partial charge in [0.1, 0.15) is 5.82 Å². The number of hydrogen-bond acceptors (Lipinski definition) is 3. The van der Waals surface area contributed by atoms with Gasteiger partial charge in [-0.2, -0.15) is 0 Å². The Labute approximate surface area is 155 Å². The summed E-state index contributed by atoms with van der Waals surface area (Å²) in [5.41, 5.74) is 0.251. The number of piperidine rings is 2. The van der Waals surface area contributed by atoms with Gasteiger partial charge < -0.3 is 14.4 Å². The Hall–Kier alpha value is -1.85. The van der Waals surface area contributed by atoms with E-state index in [4.69, 9.17) is 0 Å². The van der Waals surface area contributed by atoms with E-state index in [0.29, 0.717) is 25.3 Å². The Morgan fingerprint density at radius 2 is 2.04 bits per heavy atom. The van der Waals surface area contributed by atoms with Gasteiger partial charge in [-0.05, 0) is 50.4 Å². The highest BCUT2D eigenvalue weighted by molar-refractivity contribution is 5.77. The first-order valence-electron chi connectivity index (χ1n) is 10.1. The molecule has 1 spiro atoms. The highest BCUT2D eigenvalue weighted by atomic mass is 16.2. The molecule has 142 valence electrons. The number of hydrogen-bond donors (Lipinski definition) is 0. The van der Waals surface area contributed by atoms with Gasteiger partial charge in [-0.3, -0.25) is 9.59 Å². The third kappa shape index (κ3) is 3.79. The van der Waals surface area contributed by atoms with E-state index in [2.05, 4.69) is 9.88 Å². The minimum absolute atomic E-state index is 0.245. The number of rotatable bonds is 5. The molecule has 3 heterocycles. The van der Waals surface area contributed by atoms with E-state index in [0.717, 1.165) is 57.2 Å². The second kappa shape index (κ2) is 7.05. The normalized spacial score (nSPS) is 22.9. The molecular formula is C20H30N4O2. The molecule has 0 N–H and O–H groups in total. The third-order valence-corrected chi connectivity index (χ3v) is 6.59. The maximum absolute atomic E-state index is 12.6. The summed E-state index contributed by atoms with van der Waals surface area (Å²) in [6.45, 7) is 6.23. The predicted molar refractivity (Wildman–Crippen MR) is 98.4 cm³/mol. The fourth-order valence-corrected chi connectivity index (χ4v) is 4.53. The summed E-state index contributed by atoms with van der Waals surface area (Å²) in [6.07, 6.45) is 10.6. The molecule has 0 aromatic carbocycles. The van der Waals surface area contributed by atoms with Crippen molar-refractivity contribution in [2.45, 2.75) is 58.4 Å². The van der Waals surface area contributed by atoms with Crippen LogP contribution in [0.5, 0.6) is 0 Å². The minimum atomic E-state index is 0.245. The van der Waals surface area contributed by atoms with E-state index >= 15 is 0 Å². The van der Waals surface area contributed by atoms with Crippen molar-refractivity contribution in [2.24, 2.45) is 11.3 Å². The molecule has 2 saturated heterocycles. The van der Waals surface area contributed by atoms with Gasteiger partial charge in [-0.15, -0.1) is 0 Å². The van der Waals surface area contributed by atoms with Crippen LogP contribution in [-0.4, -0.2) is 57.3 Å². The van der Waals surface area contributed by atoms with E-state index in [-0.39, 0.29) is 11.3 Å². The van der Waals surface area contributed by atoms with Crippen molar-refractivity contribution in [2.75, 3.05) is 26.2 Å². The highest BCUT2D eigenvalue weighted by Gasteiger charge is 2.42. The average Bonchev–Trinajstić information content (AvgIpc) is 3.36. The van der Waals surface area contributed by atoms with Crippen LogP contribution >= 0.6 is 0 Å². The van der Waals surface area contributed by atoms with Crippen molar-refractivity contribution in [3.8, 4) is 0 Å². The zero-order valence-electron chi connectivity index (χ0n) is 15.8. The van der Waals surface area contributed by atoms with E-state index in [9.17, 15) is 9.59 Å². The smallest absolute Gasteiger partial charge is 0.224 e. The van der Waals surface area contributed by atoms with Gasteiger partial charge in [-0.25, -0.2) is 4.98 Å². The molecule has 1 aliphatic carbocycles. The quantitative estimate of drug-likeness (QED) is 0.811. The number of likely N-dealkylation sites (tertiary alicyclic amines) is 2. The van der Waals surface area contributed by atoms with Crippen LogP contribution in [0.25, 0.3) is 0 Å². The molecule has 1 aromatic rings.